The van der Waals surface area contributed by atoms with Crippen LogP contribution in [0, 0.1) is 0 Å². The number of H-pyrrole nitrogens is 1. The van der Waals surface area contributed by atoms with Crippen molar-refractivity contribution in [3.8, 4) is 0 Å². The average Bonchev–Trinajstić information content (AvgIpc) is 2.98. The Morgan fingerprint density at radius 1 is 1.33 bits per heavy atom. The van der Waals surface area contributed by atoms with Crippen LogP contribution in [0.5, 0.6) is 0 Å². The van der Waals surface area contributed by atoms with Gasteiger partial charge in [-0.15, -0.1) is 12.4 Å². The third kappa shape index (κ3) is 4.58. The number of rotatable bonds is 8. The summed E-state index contributed by atoms with van der Waals surface area (Å²) in [4.78, 5) is 38.9. The summed E-state index contributed by atoms with van der Waals surface area (Å²) in [6, 6.07) is 1.41. The molecule has 2 aromatic heterocycles. The zero-order chi connectivity index (χ0) is 16.8. The summed E-state index contributed by atoms with van der Waals surface area (Å²) in [7, 11) is 0. The number of pyridine rings is 1. The van der Waals surface area contributed by atoms with E-state index < -0.39 is 23.9 Å². The van der Waals surface area contributed by atoms with Gasteiger partial charge in [0.25, 0.3) is 5.91 Å². The second-order valence-corrected chi connectivity index (χ2v) is 5.31. The number of aromatic amines is 1. The van der Waals surface area contributed by atoms with Gasteiger partial charge in [-0.05, 0) is 12.8 Å². The summed E-state index contributed by atoms with van der Waals surface area (Å²) in [5.41, 5.74) is 0.370. The van der Waals surface area contributed by atoms with Gasteiger partial charge in [0.2, 0.25) is 0 Å². The highest BCUT2D eigenvalue weighted by Gasteiger charge is 2.19. The second kappa shape index (κ2) is 9.07. The monoisotopic (exact) mass is 356 g/mol. The molecular formula is C15H21ClN4O4. The van der Waals surface area contributed by atoms with Crippen LogP contribution in [0.2, 0.25) is 0 Å². The number of nitrogens with one attached hydrogen (secondary N) is 2. The lowest BCUT2D eigenvalue weighted by atomic mass is 10.1. The first kappa shape index (κ1) is 19.7. The Bertz CT molecular complexity index is 768. The van der Waals surface area contributed by atoms with E-state index in [0.717, 1.165) is 31.4 Å². The summed E-state index contributed by atoms with van der Waals surface area (Å²) in [5.74, 6) is -1.91. The minimum Gasteiger partial charge on any atom is -0.480 e. The van der Waals surface area contributed by atoms with Crippen molar-refractivity contribution < 1.29 is 14.7 Å². The van der Waals surface area contributed by atoms with E-state index in [2.05, 4.69) is 22.3 Å². The molecular weight excluding hydrogens is 336 g/mol. The van der Waals surface area contributed by atoms with Gasteiger partial charge in [-0.25, -0.2) is 9.50 Å². The van der Waals surface area contributed by atoms with Crippen LogP contribution in [0.25, 0.3) is 5.65 Å². The summed E-state index contributed by atoms with van der Waals surface area (Å²) in [6.45, 7) is 1.58. The molecule has 2 rings (SSSR count). The summed E-state index contributed by atoms with van der Waals surface area (Å²) in [5, 5.41) is 13.7. The number of fused-ring (bicyclic) bond motifs is 1. The number of amides is 1. The molecule has 0 bridgehead atoms. The quantitative estimate of drug-likeness (QED) is 0.618. The Kier molecular flexibility index (Phi) is 7.44. The van der Waals surface area contributed by atoms with Gasteiger partial charge >= 0.3 is 5.97 Å². The van der Waals surface area contributed by atoms with Gasteiger partial charge in [0.15, 0.2) is 11.1 Å². The van der Waals surface area contributed by atoms with Crippen molar-refractivity contribution in [2.45, 2.75) is 39.0 Å². The Labute approximate surface area is 144 Å². The molecule has 0 fully saturated rings. The predicted molar refractivity (Wildman–Crippen MR) is 90.9 cm³/mol. The van der Waals surface area contributed by atoms with Crippen LogP contribution in [-0.4, -0.2) is 38.1 Å². The number of carbonyl (C=O) groups excluding carboxylic acids is 1. The van der Waals surface area contributed by atoms with Crippen molar-refractivity contribution in [3.63, 3.8) is 0 Å². The molecule has 2 heterocycles. The average molecular weight is 357 g/mol. The molecule has 0 radical (unpaired) electrons. The highest BCUT2D eigenvalue weighted by Crippen LogP contribution is 2.10. The van der Waals surface area contributed by atoms with Crippen LogP contribution in [0.15, 0.2) is 17.2 Å². The fraction of sp³-hybridized carbons (Fsp3) is 0.467. The highest BCUT2D eigenvalue weighted by molar-refractivity contribution is 6.00. The van der Waals surface area contributed by atoms with Crippen LogP contribution in [-0.2, 0) is 11.2 Å². The van der Waals surface area contributed by atoms with Gasteiger partial charge in [-0.2, -0.15) is 0 Å². The molecule has 0 aliphatic rings. The molecule has 0 aliphatic heterocycles. The third-order valence-electron chi connectivity index (χ3n) is 3.55. The Morgan fingerprint density at radius 2 is 2.08 bits per heavy atom. The lowest BCUT2D eigenvalue weighted by Gasteiger charge is -2.08. The van der Waals surface area contributed by atoms with Crippen LogP contribution >= 0.6 is 12.4 Å². The Balaban J connectivity index is 0.00000288. The van der Waals surface area contributed by atoms with Gasteiger partial charge < -0.3 is 10.4 Å². The van der Waals surface area contributed by atoms with Crippen molar-refractivity contribution in [1.29, 1.82) is 0 Å². The Morgan fingerprint density at radius 3 is 2.75 bits per heavy atom. The number of carboxylic acid groups (broad SMARTS) is 1. The zero-order valence-electron chi connectivity index (χ0n) is 13.4. The fourth-order valence-corrected chi connectivity index (χ4v) is 2.43. The number of carboxylic acids is 1. The zero-order valence-corrected chi connectivity index (χ0v) is 14.2. The molecule has 9 heteroatoms. The second-order valence-electron chi connectivity index (χ2n) is 5.31. The largest absolute Gasteiger partial charge is 0.480 e. The minimum absolute atomic E-state index is 0. The molecule has 132 valence electrons. The van der Waals surface area contributed by atoms with Crippen LogP contribution in [0.4, 0.5) is 0 Å². The number of carbonyl (C=O) groups is 2. The number of nitrogens with zero attached hydrogens (tertiary/aromatic N) is 2. The van der Waals surface area contributed by atoms with Crippen LogP contribution in [0.1, 0.15) is 48.7 Å². The maximum absolute atomic E-state index is 12.3. The molecule has 3 N–H and O–H groups in total. The predicted octanol–water partition coefficient (Wildman–Crippen LogP) is 1.38. The van der Waals surface area contributed by atoms with Gasteiger partial charge in [0.05, 0.1) is 0 Å². The van der Waals surface area contributed by atoms with Crippen molar-refractivity contribution >= 4 is 29.9 Å². The lowest BCUT2D eigenvalue weighted by molar-refractivity contribution is -0.135. The molecule has 0 spiro atoms. The van der Waals surface area contributed by atoms with E-state index in [4.69, 9.17) is 5.11 Å². The molecule has 0 aromatic carbocycles. The number of aliphatic carboxylic acids is 1. The molecule has 0 saturated carbocycles. The van der Waals surface area contributed by atoms with Crippen LogP contribution in [0.3, 0.4) is 0 Å². The Hall–Kier alpha value is -2.35. The summed E-state index contributed by atoms with van der Waals surface area (Å²) >= 11 is 0. The van der Waals surface area contributed by atoms with Crippen molar-refractivity contribution in [2.24, 2.45) is 0 Å². The van der Waals surface area contributed by atoms with E-state index in [1.807, 2.05) is 0 Å². The van der Waals surface area contributed by atoms with E-state index in [-0.39, 0.29) is 23.6 Å². The maximum atomic E-state index is 12.3. The van der Waals surface area contributed by atoms with E-state index in [0.29, 0.717) is 6.42 Å². The maximum Gasteiger partial charge on any atom is 0.322 e. The topological polar surface area (TPSA) is 117 Å². The van der Waals surface area contributed by atoms with Gasteiger partial charge in [-0.1, -0.05) is 26.2 Å². The number of halogens is 1. The smallest absolute Gasteiger partial charge is 0.322 e. The van der Waals surface area contributed by atoms with E-state index >= 15 is 0 Å². The SMILES string of the molecule is CCCCCCc1cc(=O)c(C(=O)NCC(=O)O)c2nc[nH]n12.Cl. The third-order valence-corrected chi connectivity index (χ3v) is 3.55. The van der Waals surface area contributed by atoms with Gasteiger partial charge in [-0.3, -0.25) is 19.5 Å². The summed E-state index contributed by atoms with van der Waals surface area (Å²) in [6.07, 6.45) is 6.38. The molecule has 0 unspecified atom stereocenters. The molecule has 24 heavy (non-hydrogen) atoms. The molecule has 0 atom stereocenters. The normalized spacial score (nSPS) is 10.4. The van der Waals surface area contributed by atoms with E-state index in [1.54, 1.807) is 4.52 Å². The van der Waals surface area contributed by atoms with E-state index in [1.165, 1.54) is 12.4 Å². The van der Waals surface area contributed by atoms with Crippen molar-refractivity contribution in [3.05, 3.63) is 33.9 Å². The fourth-order valence-electron chi connectivity index (χ4n) is 2.43. The first-order valence-electron chi connectivity index (χ1n) is 7.62. The number of unbranched alkanes of at least 4 members (excludes halogenated alkanes) is 3. The molecule has 2 aromatic rings. The number of hydrogen-bond acceptors (Lipinski definition) is 4. The number of aryl methyl sites for hydroxylation is 1. The first-order valence-corrected chi connectivity index (χ1v) is 7.62. The number of aromatic nitrogens is 3. The molecule has 0 aliphatic carbocycles. The number of hydrogen-bond donors (Lipinski definition) is 3. The van der Waals surface area contributed by atoms with Crippen LogP contribution < -0.4 is 10.7 Å². The lowest BCUT2D eigenvalue weighted by Crippen LogP contribution is -2.33. The summed E-state index contributed by atoms with van der Waals surface area (Å²) < 4.78 is 1.60. The molecule has 0 saturated heterocycles. The highest BCUT2D eigenvalue weighted by atomic mass is 35.5. The van der Waals surface area contributed by atoms with E-state index in [9.17, 15) is 14.4 Å². The van der Waals surface area contributed by atoms with Gasteiger partial charge in [0, 0.05) is 11.8 Å². The molecule has 1 amide bonds. The first-order chi connectivity index (χ1) is 11.0. The minimum atomic E-state index is -1.18. The molecule has 8 nitrogen and oxygen atoms in total. The van der Waals surface area contributed by atoms with Gasteiger partial charge in [0.1, 0.15) is 18.4 Å². The van der Waals surface area contributed by atoms with Crippen molar-refractivity contribution in [1.82, 2.24) is 19.9 Å². The van der Waals surface area contributed by atoms with Crippen molar-refractivity contribution in [2.75, 3.05) is 6.54 Å². The standard InChI is InChI=1S/C15H20N4O4.ClH/c1-2-3-4-5-6-10-7-11(20)13(14-17-9-18-19(10)14)15(23)16-8-12(21)22;/h7,9H,2-6,8H2,1H3,(H,16,23)(H,17,18)(H,21,22);1H.